The number of ether oxygens (including phenoxy) is 1. The summed E-state index contributed by atoms with van der Waals surface area (Å²) in [5.41, 5.74) is 0.648. The molecule has 0 bridgehead atoms. The van der Waals surface area contributed by atoms with Gasteiger partial charge in [-0.25, -0.2) is 4.39 Å². The third-order valence-corrected chi connectivity index (χ3v) is 3.41. The van der Waals surface area contributed by atoms with Crippen LogP contribution in [0.1, 0.15) is 18.6 Å². The van der Waals surface area contributed by atoms with Gasteiger partial charge in [-0.3, -0.25) is 0 Å². The summed E-state index contributed by atoms with van der Waals surface area (Å²) in [5, 5.41) is 3.75. The van der Waals surface area contributed by atoms with E-state index in [1.54, 1.807) is 0 Å². The van der Waals surface area contributed by atoms with Crippen LogP contribution in [0.3, 0.4) is 0 Å². The van der Waals surface area contributed by atoms with Crippen LogP contribution in [0.25, 0.3) is 0 Å². The maximum Gasteiger partial charge on any atom is 0.142 e. The fraction of sp³-hybridized carbons (Fsp3) is 0.500. The highest BCUT2D eigenvalue weighted by atomic mass is 35.5. The van der Waals surface area contributed by atoms with Crippen molar-refractivity contribution < 1.29 is 9.13 Å². The predicted molar refractivity (Wildman–Crippen MR) is 67.1 cm³/mol. The SMILES string of the molecule is CC1CNCC(c2cc(F)c(Cl)cc2Cl)OC1. The highest BCUT2D eigenvalue weighted by Crippen LogP contribution is 2.31. The van der Waals surface area contributed by atoms with Crippen molar-refractivity contribution in [1.82, 2.24) is 5.32 Å². The van der Waals surface area contributed by atoms with Crippen LogP contribution in [0.4, 0.5) is 4.39 Å². The maximum absolute atomic E-state index is 13.4. The molecule has 0 aliphatic carbocycles. The fourth-order valence-corrected chi connectivity index (χ4v) is 2.35. The van der Waals surface area contributed by atoms with E-state index in [-0.39, 0.29) is 11.1 Å². The van der Waals surface area contributed by atoms with Crippen LogP contribution in [0.5, 0.6) is 0 Å². The molecule has 2 rings (SSSR count). The third-order valence-electron chi connectivity index (χ3n) is 2.79. The molecule has 1 N–H and O–H groups in total. The van der Waals surface area contributed by atoms with Gasteiger partial charge in [0, 0.05) is 23.7 Å². The molecule has 0 saturated carbocycles. The van der Waals surface area contributed by atoms with Crippen LogP contribution in [0, 0.1) is 11.7 Å². The summed E-state index contributed by atoms with van der Waals surface area (Å²) in [6.07, 6.45) is -0.223. The van der Waals surface area contributed by atoms with Crippen LogP contribution in [-0.2, 0) is 4.74 Å². The lowest BCUT2D eigenvalue weighted by molar-refractivity contribution is 0.0514. The molecule has 2 unspecified atom stereocenters. The molecule has 2 atom stereocenters. The van der Waals surface area contributed by atoms with Crippen LogP contribution in [0.2, 0.25) is 10.0 Å². The van der Waals surface area contributed by atoms with Gasteiger partial charge in [0.2, 0.25) is 0 Å². The van der Waals surface area contributed by atoms with Crippen molar-refractivity contribution in [1.29, 1.82) is 0 Å². The molecule has 5 heteroatoms. The summed E-state index contributed by atoms with van der Waals surface area (Å²) in [5.74, 6) is -0.0251. The van der Waals surface area contributed by atoms with Gasteiger partial charge in [-0.2, -0.15) is 0 Å². The summed E-state index contributed by atoms with van der Waals surface area (Å²) >= 11 is 11.7. The van der Waals surface area contributed by atoms with Gasteiger partial charge >= 0.3 is 0 Å². The first-order valence-corrected chi connectivity index (χ1v) is 6.30. The molecule has 1 heterocycles. The summed E-state index contributed by atoms with van der Waals surface area (Å²) < 4.78 is 19.1. The second-order valence-corrected chi connectivity index (χ2v) is 5.19. The van der Waals surface area contributed by atoms with Gasteiger partial charge in [0.05, 0.1) is 17.7 Å². The lowest BCUT2D eigenvalue weighted by Gasteiger charge is -2.17. The fourth-order valence-electron chi connectivity index (χ4n) is 1.84. The van der Waals surface area contributed by atoms with Gasteiger partial charge < -0.3 is 10.1 Å². The summed E-state index contributed by atoms with van der Waals surface area (Å²) in [6, 6.07) is 2.78. The zero-order valence-corrected chi connectivity index (χ0v) is 11.0. The molecule has 1 aromatic rings. The molecule has 94 valence electrons. The van der Waals surface area contributed by atoms with Crippen LogP contribution in [-0.4, -0.2) is 19.7 Å². The molecular weight excluding hydrogens is 264 g/mol. The van der Waals surface area contributed by atoms with Gasteiger partial charge in [-0.1, -0.05) is 30.1 Å². The van der Waals surface area contributed by atoms with E-state index in [4.69, 9.17) is 27.9 Å². The van der Waals surface area contributed by atoms with Crippen molar-refractivity contribution >= 4 is 23.2 Å². The number of hydrogen-bond acceptors (Lipinski definition) is 2. The first-order valence-electron chi connectivity index (χ1n) is 5.54. The first-order chi connectivity index (χ1) is 8.08. The molecule has 0 aromatic heterocycles. The highest BCUT2D eigenvalue weighted by Gasteiger charge is 2.21. The molecule has 1 aliphatic heterocycles. The van der Waals surface area contributed by atoms with Crippen LogP contribution >= 0.6 is 23.2 Å². The Morgan fingerprint density at radius 2 is 2.06 bits per heavy atom. The first kappa shape index (κ1) is 13.1. The number of rotatable bonds is 1. The van der Waals surface area contributed by atoms with E-state index in [1.165, 1.54) is 12.1 Å². The zero-order chi connectivity index (χ0) is 12.4. The van der Waals surface area contributed by atoms with Crippen molar-refractivity contribution in [2.45, 2.75) is 13.0 Å². The van der Waals surface area contributed by atoms with Gasteiger partial charge in [0.25, 0.3) is 0 Å². The predicted octanol–water partition coefficient (Wildman–Crippen LogP) is 3.43. The number of nitrogens with one attached hydrogen (secondary N) is 1. The smallest absolute Gasteiger partial charge is 0.142 e. The van der Waals surface area contributed by atoms with Gasteiger partial charge in [0.15, 0.2) is 0 Å². The Balaban J connectivity index is 2.24. The zero-order valence-electron chi connectivity index (χ0n) is 9.47. The Labute approximate surface area is 110 Å². The molecule has 0 spiro atoms. The largest absolute Gasteiger partial charge is 0.372 e. The van der Waals surface area contributed by atoms with Crippen molar-refractivity contribution in [2.75, 3.05) is 19.7 Å². The topological polar surface area (TPSA) is 21.3 Å². The number of benzene rings is 1. The average molecular weight is 278 g/mol. The standard InChI is InChI=1S/C12H14Cl2FNO/c1-7-4-16-5-12(17-6-7)8-2-11(15)10(14)3-9(8)13/h2-3,7,12,16H,4-6H2,1H3. The number of halogens is 3. The number of hydrogen-bond donors (Lipinski definition) is 1. The highest BCUT2D eigenvalue weighted by molar-refractivity contribution is 6.35. The monoisotopic (exact) mass is 277 g/mol. The molecule has 0 amide bonds. The van der Waals surface area contributed by atoms with Gasteiger partial charge in [-0.15, -0.1) is 0 Å². The van der Waals surface area contributed by atoms with Gasteiger partial charge in [0.1, 0.15) is 5.82 Å². The molecule has 1 fully saturated rings. The molecule has 1 saturated heterocycles. The Morgan fingerprint density at radius 1 is 1.29 bits per heavy atom. The summed E-state index contributed by atoms with van der Waals surface area (Å²) in [4.78, 5) is 0. The minimum atomic E-state index is -0.466. The van der Waals surface area contributed by atoms with Crippen LogP contribution < -0.4 is 5.32 Å². The lowest BCUT2D eigenvalue weighted by Crippen LogP contribution is -2.22. The Hall–Kier alpha value is -0.350. The minimum Gasteiger partial charge on any atom is -0.372 e. The van der Waals surface area contributed by atoms with Crippen molar-refractivity contribution in [2.24, 2.45) is 5.92 Å². The summed E-state index contributed by atoms with van der Waals surface area (Å²) in [7, 11) is 0. The van der Waals surface area contributed by atoms with Crippen LogP contribution in [0.15, 0.2) is 12.1 Å². The van der Waals surface area contributed by atoms with Crippen molar-refractivity contribution in [3.63, 3.8) is 0 Å². The van der Waals surface area contributed by atoms with Crippen molar-refractivity contribution in [3.8, 4) is 0 Å². The molecule has 2 nitrogen and oxygen atoms in total. The third kappa shape index (κ3) is 3.10. The van der Waals surface area contributed by atoms with Crippen molar-refractivity contribution in [3.05, 3.63) is 33.6 Å². The van der Waals surface area contributed by atoms with E-state index in [0.717, 1.165) is 6.54 Å². The quantitative estimate of drug-likeness (QED) is 0.795. The van der Waals surface area contributed by atoms with E-state index in [0.29, 0.717) is 29.7 Å². The molecule has 1 aromatic carbocycles. The van der Waals surface area contributed by atoms with E-state index in [1.807, 2.05) is 0 Å². The Morgan fingerprint density at radius 3 is 2.82 bits per heavy atom. The molecule has 1 aliphatic rings. The Kier molecular flexibility index (Phi) is 4.26. The lowest BCUT2D eigenvalue weighted by atomic mass is 10.1. The summed E-state index contributed by atoms with van der Waals surface area (Å²) in [6.45, 7) is 4.26. The maximum atomic E-state index is 13.4. The molecule has 0 radical (unpaired) electrons. The second kappa shape index (κ2) is 5.53. The minimum absolute atomic E-state index is 0.0358. The average Bonchev–Trinajstić information content (AvgIpc) is 2.49. The second-order valence-electron chi connectivity index (χ2n) is 4.37. The van der Waals surface area contributed by atoms with E-state index in [2.05, 4.69) is 12.2 Å². The molecular formula is C12H14Cl2FNO. The molecule has 17 heavy (non-hydrogen) atoms. The Bertz CT molecular complexity index is 414. The van der Waals surface area contributed by atoms with E-state index < -0.39 is 5.82 Å². The van der Waals surface area contributed by atoms with E-state index >= 15 is 0 Å². The normalized spacial score (nSPS) is 25.6. The van der Waals surface area contributed by atoms with E-state index in [9.17, 15) is 4.39 Å². The van der Waals surface area contributed by atoms with Gasteiger partial charge in [-0.05, 0) is 18.1 Å².